The molecule has 1 aromatic rings. The predicted molar refractivity (Wildman–Crippen MR) is 66.0 cm³/mol. The molecule has 0 aromatic carbocycles. The number of morpholine rings is 1. The lowest BCUT2D eigenvalue weighted by Gasteiger charge is -2.36. The lowest BCUT2D eigenvalue weighted by Crippen LogP contribution is -2.45. The van der Waals surface area contributed by atoms with Gasteiger partial charge >= 0.3 is 0 Å². The Hall–Kier alpha value is -0.800. The third-order valence-corrected chi connectivity index (χ3v) is 3.02. The molecular formula is C12H17ClN2O. The van der Waals surface area contributed by atoms with Crippen molar-refractivity contribution >= 4 is 17.4 Å². The molecule has 1 aliphatic heterocycles. The van der Waals surface area contributed by atoms with Gasteiger partial charge in [-0.05, 0) is 25.5 Å². The van der Waals surface area contributed by atoms with Crippen LogP contribution in [-0.4, -0.2) is 30.3 Å². The van der Waals surface area contributed by atoms with E-state index in [1.54, 1.807) is 0 Å². The maximum absolute atomic E-state index is 5.74. The minimum Gasteiger partial charge on any atom is -0.372 e. The number of hydrogen-bond donors (Lipinski definition) is 0. The van der Waals surface area contributed by atoms with Crippen LogP contribution in [0, 0.1) is 0 Å². The maximum atomic E-state index is 5.74. The molecule has 3 nitrogen and oxygen atoms in total. The van der Waals surface area contributed by atoms with E-state index in [4.69, 9.17) is 16.3 Å². The summed E-state index contributed by atoms with van der Waals surface area (Å²) in [6, 6.07) is 4.06. The van der Waals surface area contributed by atoms with Crippen LogP contribution in [0.4, 0.5) is 5.82 Å². The van der Waals surface area contributed by atoms with Gasteiger partial charge in [-0.25, -0.2) is 4.98 Å². The van der Waals surface area contributed by atoms with E-state index in [9.17, 15) is 0 Å². The number of hydrogen-bond acceptors (Lipinski definition) is 3. The van der Waals surface area contributed by atoms with Gasteiger partial charge in [0.1, 0.15) is 5.82 Å². The Labute approximate surface area is 101 Å². The first kappa shape index (κ1) is 11.7. The molecule has 16 heavy (non-hydrogen) atoms. The zero-order valence-electron chi connectivity index (χ0n) is 9.69. The summed E-state index contributed by atoms with van der Waals surface area (Å²) in [6.45, 7) is 5.99. The lowest BCUT2D eigenvalue weighted by atomic mass is 10.2. The zero-order valence-corrected chi connectivity index (χ0v) is 10.4. The summed E-state index contributed by atoms with van der Waals surface area (Å²) in [5, 5.41) is 0. The molecular weight excluding hydrogens is 224 g/mol. The second-order valence-electron chi connectivity index (χ2n) is 4.32. The quantitative estimate of drug-likeness (QED) is 0.743. The molecule has 0 radical (unpaired) electrons. The third-order valence-electron chi connectivity index (χ3n) is 2.71. The Morgan fingerprint density at radius 3 is 2.56 bits per heavy atom. The van der Waals surface area contributed by atoms with Crippen molar-refractivity contribution in [3.8, 4) is 0 Å². The molecule has 2 atom stereocenters. The Balaban J connectivity index is 2.10. The van der Waals surface area contributed by atoms with Gasteiger partial charge in [-0.15, -0.1) is 11.6 Å². The van der Waals surface area contributed by atoms with E-state index < -0.39 is 0 Å². The Morgan fingerprint density at radius 2 is 2.06 bits per heavy atom. The summed E-state index contributed by atoms with van der Waals surface area (Å²) >= 11 is 5.74. The van der Waals surface area contributed by atoms with Gasteiger partial charge in [0.25, 0.3) is 0 Å². The van der Waals surface area contributed by atoms with Gasteiger partial charge in [0.15, 0.2) is 0 Å². The molecule has 2 rings (SSSR count). The van der Waals surface area contributed by atoms with E-state index in [-0.39, 0.29) is 12.2 Å². The normalized spacial score (nSPS) is 25.8. The van der Waals surface area contributed by atoms with Gasteiger partial charge in [-0.2, -0.15) is 0 Å². The van der Waals surface area contributed by atoms with E-state index in [0.717, 1.165) is 24.5 Å². The molecule has 0 saturated carbocycles. The molecule has 0 N–H and O–H groups in total. The third kappa shape index (κ3) is 2.66. The fraction of sp³-hybridized carbons (Fsp3) is 0.583. The van der Waals surface area contributed by atoms with Crippen molar-refractivity contribution in [2.24, 2.45) is 0 Å². The van der Waals surface area contributed by atoms with E-state index in [1.807, 2.05) is 18.3 Å². The van der Waals surface area contributed by atoms with Gasteiger partial charge in [0.05, 0.1) is 12.2 Å². The summed E-state index contributed by atoms with van der Waals surface area (Å²) in [7, 11) is 0. The van der Waals surface area contributed by atoms with Gasteiger partial charge in [0.2, 0.25) is 0 Å². The first-order valence-electron chi connectivity index (χ1n) is 5.60. The number of alkyl halides is 1. The smallest absolute Gasteiger partial charge is 0.128 e. The van der Waals surface area contributed by atoms with Crippen LogP contribution in [0.2, 0.25) is 0 Å². The van der Waals surface area contributed by atoms with Crippen LogP contribution >= 0.6 is 11.6 Å². The van der Waals surface area contributed by atoms with Crippen molar-refractivity contribution in [1.29, 1.82) is 0 Å². The molecule has 1 fully saturated rings. The topological polar surface area (TPSA) is 25.4 Å². The van der Waals surface area contributed by atoms with Gasteiger partial charge in [-0.3, -0.25) is 0 Å². The van der Waals surface area contributed by atoms with Crippen LogP contribution in [0.3, 0.4) is 0 Å². The highest BCUT2D eigenvalue weighted by molar-refractivity contribution is 6.17. The summed E-state index contributed by atoms with van der Waals surface area (Å²) in [4.78, 5) is 6.69. The first-order valence-corrected chi connectivity index (χ1v) is 6.14. The second kappa shape index (κ2) is 5.02. The molecule has 2 unspecified atom stereocenters. The first-order chi connectivity index (χ1) is 7.69. The fourth-order valence-corrected chi connectivity index (χ4v) is 2.21. The SMILES string of the molecule is CC1CN(c2ccc(CCl)cn2)CC(C)O1. The monoisotopic (exact) mass is 240 g/mol. The zero-order chi connectivity index (χ0) is 11.5. The van der Waals surface area contributed by atoms with Crippen LogP contribution in [0.1, 0.15) is 19.4 Å². The average Bonchev–Trinajstić information content (AvgIpc) is 2.28. The number of anilines is 1. The van der Waals surface area contributed by atoms with Crippen molar-refractivity contribution in [2.75, 3.05) is 18.0 Å². The van der Waals surface area contributed by atoms with E-state index in [2.05, 4.69) is 23.7 Å². The van der Waals surface area contributed by atoms with Crippen LogP contribution in [0.25, 0.3) is 0 Å². The second-order valence-corrected chi connectivity index (χ2v) is 4.59. The molecule has 0 amide bonds. The van der Waals surface area contributed by atoms with Crippen molar-refractivity contribution in [2.45, 2.75) is 31.9 Å². The molecule has 1 saturated heterocycles. The maximum Gasteiger partial charge on any atom is 0.128 e. The van der Waals surface area contributed by atoms with Crippen LogP contribution < -0.4 is 4.90 Å². The Bertz CT molecular complexity index is 331. The summed E-state index contributed by atoms with van der Waals surface area (Å²) in [5.74, 6) is 1.53. The highest BCUT2D eigenvalue weighted by Crippen LogP contribution is 2.18. The van der Waals surface area contributed by atoms with Gasteiger partial charge < -0.3 is 9.64 Å². The van der Waals surface area contributed by atoms with Crippen LogP contribution in [0.5, 0.6) is 0 Å². The Kier molecular flexibility index (Phi) is 3.66. The lowest BCUT2D eigenvalue weighted by molar-refractivity contribution is -0.00545. The number of halogens is 1. The Morgan fingerprint density at radius 1 is 1.38 bits per heavy atom. The molecule has 4 heteroatoms. The largest absolute Gasteiger partial charge is 0.372 e. The number of ether oxygens (including phenoxy) is 1. The van der Waals surface area contributed by atoms with Crippen molar-refractivity contribution < 1.29 is 4.74 Å². The van der Waals surface area contributed by atoms with E-state index in [1.165, 1.54) is 0 Å². The number of aromatic nitrogens is 1. The van der Waals surface area contributed by atoms with Crippen molar-refractivity contribution in [3.63, 3.8) is 0 Å². The molecule has 2 heterocycles. The standard InChI is InChI=1S/C12H17ClN2O/c1-9-7-15(8-10(2)16-9)12-4-3-11(5-13)6-14-12/h3-4,6,9-10H,5,7-8H2,1-2H3. The minimum absolute atomic E-state index is 0.262. The van der Waals surface area contributed by atoms with E-state index in [0.29, 0.717) is 5.88 Å². The van der Waals surface area contributed by atoms with Crippen LogP contribution in [0.15, 0.2) is 18.3 Å². The molecule has 0 bridgehead atoms. The number of nitrogens with zero attached hydrogens (tertiary/aromatic N) is 2. The summed E-state index contributed by atoms with van der Waals surface area (Å²) < 4.78 is 5.69. The summed E-state index contributed by atoms with van der Waals surface area (Å²) in [6.07, 6.45) is 2.36. The van der Waals surface area contributed by atoms with Crippen molar-refractivity contribution in [1.82, 2.24) is 4.98 Å². The highest BCUT2D eigenvalue weighted by Gasteiger charge is 2.22. The van der Waals surface area contributed by atoms with Gasteiger partial charge in [-0.1, -0.05) is 6.07 Å². The summed E-state index contributed by atoms with van der Waals surface area (Å²) in [5.41, 5.74) is 1.06. The minimum atomic E-state index is 0.262. The van der Waals surface area contributed by atoms with Crippen molar-refractivity contribution in [3.05, 3.63) is 23.9 Å². The van der Waals surface area contributed by atoms with Gasteiger partial charge in [0, 0.05) is 25.2 Å². The number of rotatable bonds is 2. The molecule has 0 aliphatic carbocycles. The number of pyridine rings is 1. The predicted octanol–water partition coefficient (Wildman–Crippen LogP) is 2.43. The molecule has 0 spiro atoms. The van der Waals surface area contributed by atoms with Crippen LogP contribution in [-0.2, 0) is 10.6 Å². The molecule has 88 valence electrons. The fourth-order valence-electron chi connectivity index (χ4n) is 2.05. The molecule has 1 aromatic heterocycles. The van der Waals surface area contributed by atoms with E-state index >= 15 is 0 Å². The highest BCUT2D eigenvalue weighted by atomic mass is 35.5. The molecule has 1 aliphatic rings. The average molecular weight is 241 g/mol.